The molecular formula is C14H26N4O2S. The van der Waals surface area contributed by atoms with Crippen LogP contribution in [0.2, 0.25) is 0 Å². The third kappa shape index (κ3) is 4.05. The summed E-state index contributed by atoms with van der Waals surface area (Å²) < 4.78 is 27.8. The summed E-state index contributed by atoms with van der Waals surface area (Å²) in [6, 6.07) is 0. The Morgan fingerprint density at radius 2 is 1.90 bits per heavy atom. The molecule has 1 saturated heterocycles. The van der Waals surface area contributed by atoms with Gasteiger partial charge in [-0.05, 0) is 13.3 Å². The molecule has 2 heterocycles. The summed E-state index contributed by atoms with van der Waals surface area (Å²) in [7, 11) is -1.11. The average molecular weight is 314 g/mol. The van der Waals surface area contributed by atoms with Crippen LogP contribution in [-0.2, 0) is 23.6 Å². The van der Waals surface area contributed by atoms with Crippen molar-refractivity contribution >= 4 is 10.0 Å². The molecular weight excluding hydrogens is 288 g/mol. The van der Waals surface area contributed by atoms with Crippen molar-refractivity contribution in [3.05, 3.63) is 17.5 Å². The molecule has 1 aliphatic heterocycles. The molecule has 0 N–H and O–H groups in total. The second-order valence-electron chi connectivity index (χ2n) is 5.72. The van der Waals surface area contributed by atoms with E-state index in [2.05, 4.69) is 16.9 Å². The van der Waals surface area contributed by atoms with Crippen LogP contribution in [0.1, 0.15) is 31.0 Å². The zero-order valence-corrected chi connectivity index (χ0v) is 14.1. The lowest BCUT2D eigenvalue weighted by molar-refractivity contribution is 0.181. The minimum atomic E-state index is -3.06. The zero-order valence-electron chi connectivity index (χ0n) is 13.2. The molecule has 0 bridgehead atoms. The van der Waals surface area contributed by atoms with Gasteiger partial charge in [0.2, 0.25) is 10.0 Å². The van der Waals surface area contributed by atoms with Crippen LogP contribution < -0.4 is 0 Å². The number of hydrogen-bond donors (Lipinski definition) is 0. The summed E-state index contributed by atoms with van der Waals surface area (Å²) in [4.78, 5) is 2.30. The highest BCUT2D eigenvalue weighted by atomic mass is 32.2. The van der Waals surface area contributed by atoms with Gasteiger partial charge < -0.3 is 0 Å². The molecule has 1 fully saturated rings. The van der Waals surface area contributed by atoms with Crippen molar-refractivity contribution in [3.8, 4) is 0 Å². The zero-order chi connectivity index (χ0) is 15.5. The fourth-order valence-electron chi connectivity index (χ4n) is 2.56. The number of aryl methyl sites for hydroxylation is 1. The molecule has 1 aliphatic rings. The van der Waals surface area contributed by atoms with Gasteiger partial charge in [0.15, 0.2) is 0 Å². The summed E-state index contributed by atoms with van der Waals surface area (Å²) in [6.07, 6.45) is 3.57. The normalized spacial score (nSPS) is 18.2. The molecule has 120 valence electrons. The Bertz CT molecular complexity index is 560. The molecule has 7 heteroatoms. The average Bonchev–Trinajstić information content (AvgIpc) is 2.78. The predicted molar refractivity (Wildman–Crippen MR) is 83.5 cm³/mol. The van der Waals surface area contributed by atoms with Gasteiger partial charge in [-0.15, -0.1) is 0 Å². The second kappa shape index (κ2) is 6.89. The van der Waals surface area contributed by atoms with Crippen molar-refractivity contribution in [2.75, 3.05) is 31.9 Å². The summed E-state index contributed by atoms with van der Waals surface area (Å²) in [5.41, 5.74) is 2.40. The lowest BCUT2D eigenvalue weighted by atomic mass is 10.2. The number of rotatable bonds is 6. The standard InChI is InChI=1S/C14H26N4O2S/c1-4-5-10-21(19,20)18-8-6-17(7-9-18)12-14-11-15-16(3)13(14)2/h11H,4-10,12H2,1-3H3. The Morgan fingerprint density at radius 3 is 2.43 bits per heavy atom. The molecule has 0 unspecified atom stereocenters. The van der Waals surface area contributed by atoms with Crippen LogP contribution in [0.5, 0.6) is 0 Å². The van der Waals surface area contributed by atoms with Crippen molar-refractivity contribution < 1.29 is 8.42 Å². The summed E-state index contributed by atoms with van der Waals surface area (Å²) >= 11 is 0. The predicted octanol–water partition coefficient (Wildman–Crippen LogP) is 0.976. The Balaban J connectivity index is 1.87. The van der Waals surface area contributed by atoms with Crippen molar-refractivity contribution in [3.63, 3.8) is 0 Å². The van der Waals surface area contributed by atoms with Crippen molar-refractivity contribution in [1.82, 2.24) is 19.0 Å². The maximum Gasteiger partial charge on any atom is 0.214 e. The molecule has 0 aromatic carbocycles. The van der Waals surface area contributed by atoms with E-state index < -0.39 is 10.0 Å². The number of sulfonamides is 1. The molecule has 0 radical (unpaired) electrons. The van der Waals surface area contributed by atoms with Crippen molar-refractivity contribution in [2.45, 2.75) is 33.2 Å². The maximum absolute atomic E-state index is 12.2. The molecule has 0 saturated carbocycles. The van der Waals surface area contributed by atoms with E-state index in [4.69, 9.17) is 0 Å². The van der Waals surface area contributed by atoms with E-state index in [0.717, 1.165) is 32.5 Å². The number of hydrogen-bond acceptors (Lipinski definition) is 4. The van der Waals surface area contributed by atoms with Gasteiger partial charge in [0.25, 0.3) is 0 Å². The highest BCUT2D eigenvalue weighted by Crippen LogP contribution is 2.14. The van der Waals surface area contributed by atoms with Gasteiger partial charge in [0.05, 0.1) is 11.9 Å². The van der Waals surface area contributed by atoms with Gasteiger partial charge >= 0.3 is 0 Å². The van der Waals surface area contributed by atoms with E-state index in [1.165, 1.54) is 11.3 Å². The minimum absolute atomic E-state index is 0.283. The molecule has 2 rings (SSSR count). The van der Waals surface area contributed by atoms with E-state index in [1.807, 2.05) is 24.9 Å². The molecule has 21 heavy (non-hydrogen) atoms. The molecule has 0 aliphatic carbocycles. The Morgan fingerprint density at radius 1 is 1.24 bits per heavy atom. The van der Waals surface area contributed by atoms with Gasteiger partial charge in [-0.2, -0.15) is 9.40 Å². The smallest absolute Gasteiger partial charge is 0.214 e. The van der Waals surface area contributed by atoms with Gasteiger partial charge in [0.1, 0.15) is 0 Å². The largest absolute Gasteiger partial charge is 0.296 e. The lowest BCUT2D eigenvalue weighted by Gasteiger charge is -2.33. The molecule has 1 aromatic rings. The van der Waals surface area contributed by atoms with Crippen molar-refractivity contribution in [2.24, 2.45) is 7.05 Å². The minimum Gasteiger partial charge on any atom is -0.296 e. The van der Waals surface area contributed by atoms with E-state index in [1.54, 1.807) is 4.31 Å². The Kier molecular flexibility index (Phi) is 5.40. The first-order valence-electron chi connectivity index (χ1n) is 7.61. The maximum atomic E-state index is 12.2. The topological polar surface area (TPSA) is 58.4 Å². The number of aromatic nitrogens is 2. The van der Waals surface area contributed by atoms with Crippen LogP contribution in [0.15, 0.2) is 6.20 Å². The SMILES string of the molecule is CCCCS(=O)(=O)N1CCN(Cc2cnn(C)c2C)CC1. The summed E-state index contributed by atoms with van der Waals surface area (Å²) in [5, 5.41) is 4.25. The Hall–Kier alpha value is -0.920. The summed E-state index contributed by atoms with van der Waals surface area (Å²) in [5.74, 6) is 0.283. The second-order valence-corrected chi connectivity index (χ2v) is 7.81. The molecule has 0 spiro atoms. The quantitative estimate of drug-likeness (QED) is 0.785. The lowest BCUT2D eigenvalue weighted by Crippen LogP contribution is -2.48. The first-order valence-corrected chi connectivity index (χ1v) is 9.22. The van der Waals surface area contributed by atoms with Gasteiger partial charge in [-0.1, -0.05) is 13.3 Å². The first-order chi connectivity index (χ1) is 9.94. The number of nitrogens with zero attached hydrogens (tertiary/aromatic N) is 4. The number of piperazine rings is 1. The van der Waals surface area contributed by atoms with Crippen LogP contribution >= 0.6 is 0 Å². The first kappa shape index (κ1) is 16.5. The molecule has 1 aromatic heterocycles. The Labute approximate surface area is 127 Å². The van der Waals surface area contributed by atoms with E-state index in [0.29, 0.717) is 13.1 Å². The van der Waals surface area contributed by atoms with Crippen LogP contribution in [0.25, 0.3) is 0 Å². The van der Waals surface area contributed by atoms with Crippen LogP contribution in [-0.4, -0.2) is 59.3 Å². The van der Waals surface area contributed by atoms with Gasteiger partial charge in [-0.3, -0.25) is 9.58 Å². The molecule has 0 amide bonds. The molecule has 6 nitrogen and oxygen atoms in total. The monoisotopic (exact) mass is 314 g/mol. The van der Waals surface area contributed by atoms with Crippen LogP contribution in [0.4, 0.5) is 0 Å². The number of unbranched alkanes of at least 4 members (excludes halogenated alkanes) is 1. The van der Waals surface area contributed by atoms with E-state index in [-0.39, 0.29) is 5.75 Å². The van der Waals surface area contributed by atoms with Crippen LogP contribution in [0, 0.1) is 6.92 Å². The van der Waals surface area contributed by atoms with E-state index >= 15 is 0 Å². The fourth-order valence-corrected chi connectivity index (χ4v) is 4.19. The van der Waals surface area contributed by atoms with Gasteiger partial charge in [0, 0.05) is 51.0 Å². The highest BCUT2D eigenvalue weighted by molar-refractivity contribution is 7.89. The summed E-state index contributed by atoms with van der Waals surface area (Å²) in [6.45, 7) is 7.72. The van der Waals surface area contributed by atoms with E-state index in [9.17, 15) is 8.42 Å². The third-order valence-corrected chi connectivity index (χ3v) is 6.17. The molecule has 0 atom stereocenters. The van der Waals surface area contributed by atoms with Crippen LogP contribution in [0.3, 0.4) is 0 Å². The third-order valence-electron chi connectivity index (χ3n) is 4.21. The van der Waals surface area contributed by atoms with Gasteiger partial charge in [-0.25, -0.2) is 8.42 Å². The fraction of sp³-hybridized carbons (Fsp3) is 0.786. The van der Waals surface area contributed by atoms with Crippen molar-refractivity contribution in [1.29, 1.82) is 0 Å². The highest BCUT2D eigenvalue weighted by Gasteiger charge is 2.26.